The number of aliphatic hydroxyl groups is 1. The lowest BCUT2D eigenvalue weighted by Gasteiger charge is -2.42. The first kappa shape index (κ1) is 40.5. The topological polar surface area (TPSA) is 52.5 Å². The number of rotatable bonds is 2. The zero-order chi connectivity index (χ0) is 36.0. The summed E-state index contributed by atoms with van der Waals surface area (Å²) in [5, 5.41) is 13.7. The van der Waals surface area contributed by atoms with E-state index in [9.17, 15) is 5.11 Å². The summed E-state index contributed by atoms with van der Waals surface area (Å²) in [5.41, 5.74) is 7.75. The molecule has 0 bridgehead atoms. The number of nitrogens with zero attached hydrogens (tertiary/aromatic N) is 4. The van der Waals surface area contributed by atoms with Crippen molar-refractivity contribution in [2.45, 2.75) is 57.5 Å². The Balaban J connectivity index is 0.000000175. The number of fused-ring (bicyclic) bond motifs is 4. The summed E-state index contributed by atoms with van der Waals surface area (Å²) in [5.74, 6) is 0.994. The summed E-state index contributed by atoms with van der Waals surface area (Å²) in [6.07, 6.45) is 14.0. The number of benzene rings is 2. The quantitative estimate of drug-likeness (QED) is 0.217. The SMILES string of the molecule is C.CN1CCC(C2(O)c3ncc(Br)cc3CCc3cc(Cl)cc(Br)c32)CC1.CN1CCC(C2c3ncc(Br)cc3C=Cc3cc(Cl)cc(Br)c32)CC1. The van der Waals surface area contributed by atoms with Crippen molar-refractivity contribution in [3.05, 3.63) is 121 Å². The van der Waals surface area contributed by atoms with E-state index in [1.807, 2.05) is 24.4 Å². The standard InChI is InChI=1S/C20H21Br2ClN2O.C20H19Br2ClN2.CH4/c1-25-6-4-14(5-7-25)20(26)18-12(9-16(23)10-17(18)22)2-3-13-8-15(21)11-24-19(13)20;1-25-6-4-12(5-7-25)19-18-13(9-16(23)10-17(18)22)2-3-14-8-15(21)11-24-20(14)19;/h8-11,14,26H,2-7H2,1H3;2-3,8-12,19H,4-7H2,1H3;1H4. The largest absolute Gasteiger partial charge is 0.378 e. The minimum atomic E-state index is -1.10. The van der Waals surface area contributed by atoms with E-state index < -0.39 is 5.60 Å². The van der Waals surface area contributed by atoms with Crippen molar-refractivity contribution >= 4 is 99.1 Å². The molecule has 4 aliphatic rings. The summed E-state index contributed by atoms with van der Waals surface area (Å²) in [4.78, 5) is 14.3. The van der Waals surface area contributed by atoms with Crippen LogP contribution in [0.1, 0.15) is 83.8 Å². The number of hydrogen-bond donors (Lipinski definition) is 1. The molecule has 1 N–H and O–H groups in total. The molecule has 2 aliphatic carbocycles. The normalized spacial score (nSPS) is 22.1. The summed E-state index contributed by atoms with van der Waals surface area (Å²) in [7, 11) is 4.35. The molecule has 2 aromatic heterocycles. The third kappa shape index (κ3) is 8.20. The summed E-state index contributed by atoms with van der Waals surface area (Å²) in [6, 6.07) is 12.2. The molecule has 0 saturated carbocycles. The van der Waals surface area contributed by atoms with E-state index in [0.29, 0.717) is 10.9 Å². The molecule has 52 heavy (non-hydrogen) atoms. The van der Waals surface area contributed by atoms with E-state index in [2.05, 4.69) is 118 Å². The van der Waals surface area contributed by atoms with E-state index in [4.69, 9.17) is 33.2 Å². The van der Waals surface area contributed by atoms with Gasteiger partial charge in [-0.25, -0.2) is 0 Å². The smallest absolute Gasteiger partial charge is 0.136 e. The summed E-state index contributed by atoms with van der Waals surface area (Å²) < 4.78 is 3.92. The van der Waals surface area contributed by atoms with Gasteiger partial charge in [-0.1, -0.05) is 74.6 Å². The highest BCUT2D eigenvalue weighted by atomic mass is 79.9. The van der Waals surface area contributed by atoms with Crippen molar-refractivity contribution < 1.29 is 5.11 Å². The number of aromatic nitrogens is 2. The van der Waals surface area contributed by atoms with Crippen LogP contribution in [0.15, 0.2) is 66.7 Å². The molecule has 0 amide bonds. The highest BCUT2D eigenvalue weighted by Crippen LogP contribution is 2.49. The first-order valence-electron chi connectivity index (χ1n) is 17.5. The molecule has 276 valence electrons. The van der Waals surface area contributed by atoms with Gasteiger partial charge in [0.1, 0.15) is 5.60 Å². The monoisotopic (exact) mass is 994 g/mol. The maximum atomic E-state index is 12.3. The van der Waals surface area contributed by atoms with Crippen LogP contribution in [-0.4, -0.2) is 65.1 Å². The minimum absolute atomic E-state index is 0. The Labute approximate surface area is 352 Å². The molecule has 2 unspecified atom stereocenters. The average molecular weight is 999 g/mol. The number of pyridine rings is 2. The van der Waals surface area contributed by atoms with Crippen LogP contribution in [0.25, 0.3) is 12.2 Å². The number of aryl methyl sites for hydroxylation is 2. The van der Waals surface area contributed by atoms with Gasteiger partial charge in [-0.15, -0.1) is 0 Å². The molecule has 0 radical (unpaired) electrons. The van der Waals surface area contributed by atoms with Crippen LogP contribution in [-0.2, 0) is 18.4 Å². The molecule has 4 heterocycles. The molecule has 8 rings (SSSR count). The van der Waals surface area contributed by atoms with Crippen molar-refractivity contribution in [3.8, 4) is 0 Å². The number of hydrogen-bond acceptors (Lipinski definition) is 5. The lowest BCUT2D eigenvalue weighted by atomic mass is 9.72. The van der Waals surface area contributed by atoms with Crippen molar-refractivity contribution in [3.63, 3.8) is 0 Å². The highest BCUT2D eigenvalue weighted by Gasteiger charge is 2.47. The summed E-state index contributed by atoms with van der Waals surface area (Å²) in [6.45, 7) is 4.25. The van der Waals surface area contributed by atoms with Crippen molar-refractivity contribution in [2.24, 2.45) is 11.8 Å². The zero-order valence-electron chi connectivity index (χ0n) is 28.6. The Morgan fingerprint density at radius 3 is 2.00 bits per heavy atom. The zero-order valence-corrected chi connectivity index (χ0v) is 36.4. The fourth-order valence-corrected chi connectivity index (χ4v) is 11.5. The Hall–Kier alpha value is -1.14. The second-order valence-electron chi connectivity index (χ2n) is 14.4. The van der Waals surface area contributed by atoms with Crippen LogP contribution < -0.4 is 0 Å². The lowest BCUT2D eigenvalue weighted by Crippen LogP contribution is -2.44. The number of piperidine rings is 2. The molecule has 2 saturated heterocycles. The average Bonchev–Trinajstić information content (AvgIpc) is 3.32. The Morgan fingerprint density at radius 1 is 0.712 bits per heavy atom. The van der Waals surface area contributed by atoms with Gasteiger partial charge in [0, 0.05) is 57.7 Å². The number of halogens is 6. The third-order valence-electron chi connectivity index (χ3n) is 11.1. The van der Waals surface area contributed by atoms with Gasteiger partial charge in [0.2, 0.25) is 0 Å². The molecule has 2 aromatic carbocycles. The predicted octanol–water partition coefficient (Wildman–Crippen LogP) is 11.8. The van der Waals surface area contributed by atoms with Gasteiger partial charge in [-0.2, -0.15) is 0 Å². The molecule has 2 aliphatic heterocycles. The second kappa shape index (κ2) is 16.9. The van der Waals surface area contributed by atoms with E-state index in [-0.39, 0.29) is 19.3 Å². The van der Waals surface area contributed by atoms with Gasteiger partial charge in [-0.3, -0.25) is 9.97 Å². The summed E-state index contributed by atoms with van der Waals surface area (Å²) >= 11 is 27.2. The molecule has 2 fully saturated rings. The van der Waals surface area contributed by atoms with E-state index >= 15 is 0 Å². The van der Waals surface area contributed by atoms with Crippen molar-refractivity contribution in [1.82, 2.24) is 19.8 Å². The highest BCUT2D eigenvalue weighted by molar-refractivity contribution is 9.11. The van der Waals surface area contributed by atoms with E-state index in [0.717, 1.165) is 97.2 Å². The van der Waals surface area contributed by atoms with Gasteiger partial charge >= 0.3 is 0 Å². The predicted molar refractivity (Wildman–Crippen MR) is 231 cm³/mol. The molecule has 11 heteroatoms. The first-order valence-corrected chi connectivity index (χ1v) is 21.4. The maximum absolute atomic E-state index is 12.3. The van der Waals surface area contributed by atoms with Crippen molar-refractivity contribution in [1.29, 1.82) is 0 Å². The lowest BCUT2D eigenvalue weighted by molar-refractivity contribution is -0.0153. The van der Waals surface area contributed by atoms with Gasteiger partial charge in [-0.05, 0) is 181 Å². The fourth-order valence-electron chi connectivity index (χ4n) is 8.54. The van der Waals surface area contributed by atoms with Crippen LogP contribution in [0, 0.1) is 11.8 Å². The molecule has 0 spiro atoms. The molecular formula is C41H44Br4Cl2N4O. The van der Waals surface area contributed by atoms with Gasteiger partial charge in [0.25, 0.3) is 0 Å². The van der Waals surface area contributed by atoms with Crippen LogP contribution in [0.2, 0.25) is 10.0 Å². The van der Waals surface area contributed by atoms with Crippen LogP contribution in [0.3, 0.4) is 0 Å². The molecule has 2 atom stereocenters. The van der Waals surface area contributed by atoms with Crippen LogP contribution >= 0.6 is 86.9 Å². The van der Waals surface area contributed by atoms with Crippen molar-refractivity contribution in [2.75, 3.05) is 40.3 Å². The second-order valence-corrected chi connectivity index (χ2v) is 18.8. The Kier molecular flexibility index (Phi) is 13.2. The maximum Gasteiger partial charge on any atom is 0.136 e. The Morgan fingerprint density at radius 2 is 1.29 bits per heavy atom. The number of likely N-dealkylation sites (tertiary alicyclic amines) is 2. The van der Waals surface area contributed by atoms with Gasteiger partial charge in [0.05, 0.1) is 11.4 Å². The molecule has 4 aromatic rings. The minimum Gasteiger partial charge on any atom is -0.378 e. The molecular weight excluding hydrogens is 955 g/mol. The fraction of sp³-hybridized carbons (Fsp3) is 0.415. The van der Waals surface area contributed by atoms with E-state index in [1.165, 1.54) is 35.2 Å². The van der Waals surface area contributed by atoms with E-state index in [1.54, 1.807) is 6.20 Å². The van der Waals surface area contributed by atoms with Crippen LogP contribution in [0.4, 0.5) is 0 Å². The van der Waals surface area contributed by atoms with Crippen LogP contribution in [0.5, 0.6) is 0 Å². The van der Waals surface area contributed by atoms with Gasteiger partial charge in [0.15, 0.2) is 0 Å². The van der Waals surface area contributed by atoms with Gasteiger partial charge < -0.3 is 14.9 Å². The third-order valence-corrected chi connectivity index (χ3v) is 13.7. The first-order chi connectivity index (χ1) is 24.4. The molecule has 5 nitrogen and oxygen atoms in total. The Bertz CT molecular complexity index is 1980.